The van der Waals surface area contributed by atoms with Crippen LogP contribution in [0.25, 0.3) is 0 Å². The van der Waals surface area contributed by atoms with Gasteiger partial charge in [-0.05, 0) is 6.92 Å². The van der Waals surface area contributed by atoms with Crippen LogP contribution in [0.5, 0.6) is 0 Å². The quantitative estimate of drug-likeness (QED) is 0.585. The highest BCUT2D eigenvalue weighted by Gasteiger charge is 2.25. The lowest BCUT2D eigenvalue weighted by Gasteiger charge is -2.13. The third-order valence-electron chi connectivity index (χ3n) is 2.04. The highest BCUT2D eigenvalue weighted by atomic mass is 16.3. The number of aliphatic hydroxyl groups is 1. The van der Waals surface area contributed by atoms with Crippen LogP contribution in [-0.2, 0) is 4.79 Å². The van der Waals surface area contributed by atoms with Crippen molar-refractivity contribution in [1.29, 1.82) is 0 Å². The number of carbonyl (C=O) groups excluding carboxylic acids is 1. The van der Waals surface area contributed by atoms with Crippen LogP contribution in [0.15, 0.2) is 0 Å². The molecule has 0 aromatic heterocycles. The van der Waals surface area contributed by atoms with Gasteiger partial charge in [0.1, 0.15) is 0 Å². The van der Waals surface area contributed by atoms with Gasteiger partial charge in [-0.2, -0.15) is 0 Å². The summed E-state index contributed by atoms with van der Waals surface area (Å²) in [5.41, 5.74) is 0. The number of rotatable bonds is 3. The fourth-order valence-electron chi connectivity index (χ4n) is 1.34. The van der Waals surface area contributed by atoms with Gasteiger partial charge in [-0.3, -0.25) is 4.79 Å². The zero-order chi connectivity index (χ0) is 9.14. The molecule has 0 spiro atoms. The van der Waals surface area contributed by atoms with Gasteiger partial charge in [-0.15, -0.1) is 0 Å². The number of nitrogens with zero attached hydrogens (tertiary/aromatic N) is 1. The molecule has 1 rings (SSSR count). The fourth-order valence-corrected chi connectivity index (χ4v) is 1.34. The Balaban J connectivity index is 2.23. The van der Waals surface area contributed by atoms with Crippen LogP contribution in [0.3, 0.4) is 0 Å². The zero-order valence-electron chi connectivity index (χ0n) is 7.58. The number of likely N-dealkylation sites (tertiary alicyclic amines) is 1. The SMILES string of the molecule is CC(O)CNC1CC(=O)N(C)C1. The monoisotopic (exact) mass is 172 g/mol. The molecule has 1 amide bonds. The van der Waals surface area contributed by atoms with Crippen LogP contribution >= 0.6 is 0 Å². The summed E-state index contributed by atoms with van der Waals surface area (Å²) in [6.45, 7) is 3.05. The van der Waals surface area contributed by atoms with Gasteiger partial charge >= 0.3 is 0 Å². The van der Waals surface area contributed by atoms with Crippen molar-refractivity contribution in [2.75, 3.05) is 20.1 Å². The van der Waals surface area contributed by atoms with E-state index in [2.05, 4.69) is 5.32 Å². The van der Waals surface area contributed by atoms with Gasteiger partial charge < -0.3 is 15.3 Å². The van der Waals surface area contributed by atoms with Crippen molar-refractivity contribution in [3.63, 3.8) is 0 Å². The lowest BCUT2D eigenvalue weighted by molar-refractivity contribution is -0.126. The molecule has 0 radical (unpaired) electrons. The third-order valence-corrected chi connectivity index (χ3v) is 2.04. The Bertz CT molecular complexity index is 170. The maximum Gasteiger partial charge on any atom is 0.224 e. The first-order valence-electron chi connectivity index (χ1n) is 4.25. The van der Waals surface area contributed by atoms with Crippen molar-refractivity contribution in [2.24, 2.45) is 0 Å². The molecule has 1 heterocycles. The topological polar surface area (TPSA) is 52.6 Å². The first-order valence-corrected chi connectivity index (χ1v) is 4.25. The molecule has 4 heteroatoms. The largest absolute Gasteiger partial charge is 0.392 e. The molecule has 0 aliphatic carbocycles. The molecule has 1 aliphatic heterocycles. The van der Waals surface area contributed by atoms with Gasteiger partial charge in [0.15, 0.2) is 0 Å². The minimum Gasteiger partial charge on any atom is -0.392 e. The van der Waals surface area contributed by atoms with Gasteiger partial charge in [-0.25, -0.2) is 0 Å². The summed E-state index contributed by atoms with van der Waals surface area (Å²) in [5, 5.41) is 12.1. The molecule has 0 aromatic rings. The standard InChI is InChI=1S/C8H16N2O2/c1-6(11)4-9-7-3-8(12)10(2)5-7/h6-7,9,11H,3-5H2,1-2H3. The Labute approximate surface area is 72.6 Å². The minimum absolute atomic E-state index is 0.179. The van der Waals surface area contributed by atoms with Gasteiger partial charge in [0.2, 0.25) is 5.91 Å². The van der Waals surface area contributed by atoms with Crippen LogP contribution in [0.4, 0.5) is 0 Å². The number of hydrogen-bond donors (Lipinski definition) is 2. The number of nitrogens with one attached hydrogen (secondary N) is 1. The van der Waals surface area contributed by atoms with E-state index < -0.39 is 0 Å². The molecule has 4 nitrogen and oxygen atoms in total. The smallest absolute Gasteiger partial charge is 0.224 e. The van der Waals surface area contributed by atoms with E-state index in [4.69, 9.17) is 5.11 Å². The maximum absolute atomic E-state index is 11.1. The lowest BCUT2D eigenvalue weighted by atomic mass is 10.2. The molecule has 12 heavy (non-hydrogen) atoms. The third kappa shape index (κ3) is 2.46. The van der Waals surface area contributed by atoms with E-state index in [1.54, 1.807) is 18.9 Å². The highest BCUT2D eigenvalue weighted by molar-refractivity contribution is 5.78. The Morgan fingerprint density at radius 3 is 2.92 bits per heavy atom. The molecule has 1 aliphatic rings. The Hall–Kier alpha value is -0.610. The van der Waals surface area contributed by atoms with E-state index in [9.17, 15) is 4.79 Å². The summed E-state index contributed by atoms with van der Waals surface area (Å²) in [5.74, 6) is 0.179. The molecule has 1 fully saturated rings. The van der Waals surface area contributed by atoms with Gasteiger partial charge in [-0.1, -0.05) is 0 Å². The normalized spacial score (nSPS) is 26.4. The molecule has 2 N–H and O–H groups in total. The molecule has 1 saturated heterocycles. The van der Waals surface area contributed by atoms with Crippen molar-refractivity contribution in [1.82, 2.24) is 10.2 Å². The van der Waals surface area contributed by atoms with Crippen molar-refractivity contribution in [2.45, 2.75) is 25.5 Å². The average molecular weight is 172 g/mol. The molecule has 2 unspecified atom stereocenters. The highest BCUT2D eigenvalue weighted by Crippen LogP contribution is 2.07. The van der Waals surface area contributed by atoms with E-state index in [0.29, 0.717) is 13.0 Å². The Kier molecular flexibility index (Phi) is 3.05. The summed E-state index contributed by atoms with van der Waals surface area (Å²) in [6.07, 6.45) is 0.217. The number of carbonyl (C=O) groups is 1. The molecular formula is C8H16N2O2. The van der Waals surface area contributed by atoms with E-state index in [0.717, 1.165) is 6.54 Å². The second kappa shape index (κ2) is 3.87. The number of hydrogen-bond acceptors (Lipinski definition) is 3. The second-order valence-electron chi connectivity index (χ2n) is 3.43. The number of aliphatic hydroxyl groups excluding tert-OH is 1. The predicted octanol–water partition coefficient (Wildman–Crippen LogP) is -0.812. The van der Waals surface area contributed by atoms with E-state index in [1.807, 2.05) is 0 Å². The van der Waals surface area contributed by atoms with Crippen LogP contribution in [0.1, 0.15) is 13.3 Å². The summed E-state index contributed by atoms with van der Waals surface area (Å²) in [7, 11) is 1.80. The van der Waals surface area contributed by atoms with Crippen LogP contribution in [0.2, 0.25) is 0 Å². The van der Waals surface area contributed by atoms with Crippen LogP contribution in [0, 0.1) is 0 Å². The van der Waals surface area contributed by atoms with Crippen molar-refractivity contribution >= 4 is 5.91 Å². The van der Waals surface area contributed by atoms with Crippen molar-refractivity contribution in [3.05, 3.63) is 0 Å². The summed E-state index contributed by atoms with van der Waals surface area (Å²) in [6, 6.07) is 0.220. The van der Waals surface area contributed by atoms with Gasteiger partial charge in [0, 0.05) is 32.6 Å². The maximum atomic E-state index is 11.1. The fraction of sp³-hybridized carbons (Fsp3) is 0.875. The summed E-state index contributed by atoms with van der Waals surface area (Å²) >= 11 is 0. The van der Waals surface area contributed by atoms with Crippen LogP contribution < -0.4 is 5.32 Å². The van der Waals surface area contributed by atoms with Crippen molar-refractivity contribution < 1.29 is 9.90 Å². The molecular weight excluding hydrogens is 156 g/mol. The average Bonchev–Trinajstić information content (AvgIpc) is 2.28. The molecule has 0 bridgehead atoms. The number of amides is 1. The molecule has 0 aromatic carbocycles. The lowest BCUT2D eigenvalue weighted by Crippen LogP contribution is -2.36. The van der Waals surface area contributed by atoms with E-state index >= 15 is 0 Å². The minimum atomic E-state index is -0.342. The first kappa shape index (κ1) is 9.48. The van der Waals surface area contributed by atoms with Gasteiger partial charge in [0.25, 0.3) is 0 Å². The second-order valence-corrected chi connectivity index (χ2v) is 3.43. The summed E-state index contributed by atoms with van der Waals surface area (Å²) < 4.78 is 0. The molecule has 2 atom stereocenters. The van der Waals surface area contributed by atoms with Gasteiger partial charge in [0.05, 0.1) is 6.10 Å². The first-order chi connectivity index (χ1) is 5.59. The van der Waals surface area contributed by atoms with E-state index in [-0.39, 0.29) is 18.1 Å². The predicted molar refractivity (Wildman–Crippen MR) is 45.7 cm³/mol. The molecule has 70 valence electrons. The van der Waals surface area contributed by atoms with E-state index in [1.165, 1.54) is 0 Å². The van der Waals surface area contributed by atoms with Crippen molar-refractivity contribution in [3.8, 4) is 0 Å². The summed E-state index contributed by atoms with van der Waals surface area (Å²) in [4.78, 5) is 12.8. The van der Waals surface area contributed by atoms with Crippen LogP contribution in [-0.4, -0.2) is 48.2 Å². The Morgan fingerprint density at radius 1 is 1.83 bits per heavy atom. The molecule has 0 saturated carbocycles. The zero-order valence-corrected chi connectivity index (χ0v) is 7.58. The number of likely N-dealkylation sites (N-methyl/N-ethyl adjacent to an activating group) is 1. The Morgan fingerprint density at radius 2 is 2.50 bits per heavy atom.